The van der Waals surface area contributed by atoms with Gasteiger partial charge >= 0.3 is 0 Å². The number of hydrogen-bond donors (Lipinski definition) is 2. The van der Waals surface area contributed by atoms with Crippen LogP contribution in [0.3, 0.4) is 0 Å². The summed E-state index contributed by atoms with van der Waals surface area (Å²) in [5, 5.41) is 18.1. The number of nitrogens with zero attached hydrogens (tertiary/aromatic N) is 1. The first kappa shape index (κ1) is 22.9. The lowest BCUT2D eigenvalue weighted by Crippen LogP contribution is -2.45. The molecule has 0 spiro atoms. The molecule has 0 aromatic heterocycles. The molecule has 0 saturated carbocycles. The summed E-state index contributed by atoms with van der Waals surface area (Å²) >= 11 is 0. The quantitative estimate of drug-likeness (QED) is 0.227. The van der Waals surface area contributed by atoms with E-state index in [-0.39, 0.29) is 0 Å². The summed E-state index contributed by atoms with van der Waals surface area (Å²) in [7, 11) is 4.14. The monoisotopic (exact) mass is 330 g/mol. The molecular weight excluding hydrogens is 286 g/mol. The molecule has 0 heterocycles. The first-order valence-corrected chi connectivity index (χ1v) is 10.2. The maximum atomic E-state index is 9.04. The van der Waals surface area contributed by atoms with E-state index >= 15 is 0 Å². The van der Waals surface area contributed by atoms with Crippen molar-refractivity contribution in [2.75, 3.05) is 27.2 Å². The van der Waals surface area contributed by atoms with Gasteiger partial charge in [-0.25, -0.2) is 0 Å². The molecule has 0 amide bonds. The summed E-state index contributed by atoms with van der Waals surface area (Å²) in [5.74, 6) is 0. The number of aliphatic hydroxyl groups excluding tert-OH is 1. The highest BCUT2D eigenvalue weighted by molar-refractivity contribution is 4.49. The van der Waals surface area contributed by atoms with Crippen LogP contribution in [0.4, 0.5) is 0 Å². The highest BCUT2D eigenvalue weighted by Gasteiger charge is 2.17. The van der Waals surface area contributed by atoms with Crippen molar-refractivity contribution in [2.45, 2.75) is 103 Å². The van der Waals surface area contributed by atoms with Crippen LogP contribution in [0.25, 0.3) is 0 Å². The molecule has 0 fully saturated rings. The topological polar surface area (TPSA) is 40.5 Å². The van der Waals surface area contributed by atoms with E-state index in [2.05, 4.69) is 21.0 Å². The van der Waals surface area contributed by atoms with E-state index < -0.39 is 6.29 Å². The van der Waals surface area contributed by atoms with E-state index in [4.69, 9.17) is 10.2 Å². The number of hydrogen-bond acceptors (Lipinski definition) is 2. The number of rotatable bonds is 17. The zero-order valence-electron chi connectivity index (χ0n) is 16.2. The first-order valence-electron chi connectivity index (χ1n) is 10.2. The molecule has 0 aliphatic heterocycles. The molecule has 0 atom stereocenters. The fourth-order valence-electron chi connectivity index (χ4n) is 3.27. The lowest BCUT2D eigenvalue weighted by atomic mass is 10.0. The highest BCUT2D eigenvalue weighted by atomic mass is 16.5. The second-order valence-corrected chi connectivity index (χ2v) is 7.92. The molecular formula is C20H44NO2+. The molecule has 0 bridgehead atoms. The van der Waals surface area contributed by atoms with Crippen molar-refractivity contribution in [3.05, 3.63) is 0 Å². The van der Waals surface area contributed by atoms with E-state index in [1.54, 1.807) is 0 Å². The maximum absolute atomic E-state index is 9.04. The van der Waals surface area contributed by atoms with Gasteiger partial charge in [0.2, 0.25) is 6.29 Å². The van der Waals surface area contributed by atoms with Crippen molar-refractivity contribution >= 4 is 0 Å². The Labute approximate surface area is 145 Å². The molecule has 0 radical (unpaired) electrons. The van der Waals surface area contributed by atoms with Gasteiger partial charge in [-0.2, -0.15) is 0 Å². The van der Waals surface area contributed by atoms with Crippen molar-refractivity contribution in [1.82, 2.24) is 0 Å². The van der Waals surface area contributed by atoms with Crippen LogP contribution in [0.15, 0.2) is 0 Å². The molecule has 0 rings (SSSR count). The molecule has 23 heavy (non-hydrogen) atoms. The minimum atomic E-state index is -1.18. The standard InChI is InChI=1S/C20H44NO2/c1-4-5-6-7-8-9-10-11-12-13-14-15-16-17-18-21(2,3)19-20(22)23/h20,22-23H,4-19H2,1-3H3/q+1. The first-order chi connectivity index (χ1) is 11.0. The van der Waals surface area contributed by atoms with Crippen molar-refractivity contribution in [2.24, 2.45) is 0 Å². The third-order valence-electron chi connectivity index (χ3n) is 4.77. The number of likely N-dealkylation sites (N-methyl/N-ethyl adjacent to an activating group) is 1. The van der Waals surface area contributed by atoms with Crippen LogP contribution in [0.2, 0.25) is 0 Å². The van der Waals surface area contributed by atoms with Crippen molar-refractivity contribution in [3.63, 3.8) is 0 Å². The molecule has 0 aliphatic rings. The average molecular weight is 331 g/mol. The molecule has 2 N–H and O–H groups in total. The Bertz CT molecular complexity index is 242. The molecule has 3 heteroatoms. The van der Waals surface area contributed by atoms with E-state index in [1.807, 2.05) is 0 Å². The van der Waals surface area contributed by atoms with Gasteiger partial charge in [0, 0.05) is 0 Å². The van der Waals surface area contributed by atoms with Crippen LogP contribution in [0, 0.1) is 0 Å². The molecule has 0 unspecified atom stereocenters. The number of quaternary nitrogens is 1. The van der Waals surface area contributed by atoms with Crippen LogP contribution in [-0.2, 0) is 0 Å². The highest BCUT2D eigenvalue weighted by Crippen LogP contribution is 2.13. The van der Waals surface area contributed by atoms with Gasteiger partial charge in [0.15, 0.2) is 0 Å². The SMILES string of the molecule is CCCCCCCCCCCCCCCC[N+](C)(C)CC(O)O. The van der Waals surface area contributed by atoms with Gasteiger partial charge in [-0.15, -0.1) is 0 Å². The fraction of sp³-hybridized carbons (Fsp3) is 1.00. The van der Waals surface area contributed by atoms with Crippen LogP contribution in [0.5, 0.6) is 0 Å². The van der Waals surface area contributed by atoms with Gasteiger partial charge < -0.3 is 14.7 Å². The van der Waals surface area contributed by atoms with Crippen molar-refractivity contribution in [1.29, 1.82) is 0 Å². The van der Waals surface area contributed by atoms with Crippen LogP contribution in [-0.4, -0.2) is 48.2 Å². The Kier molecular flexibility index (Phi) is 15.3. The smallest absolute Gasteiger partial charge is 0.202 e. The molecule has 0 aliphatic carbocycles. The second kappa shape index (κ2) is 15.4. The Morgan fingerprint density at radius 3 is 1.30 bits per heavy atom. The number of aliphatic hydroxyl groups is 2. The Hall–Kier alpha value is -0.120. The lowest BCUT2D eigenvalue weighted by Gasteiger charge is -2.30. The van der Waals surface area contributed by atoms with E-state index in [9.17, 15) is 0 Å². The van der Waals surface area contributed by atoms with Crippen molar-refractivity contribution in [3.8, 4) is 0 Å². The molecule has 0 aromatic carbocycles. The summed E-state index contributed by atoms with van der Waals surface area (Å²) in [4.78, 5) is 0. The second-order valence-electron chi connectivity index (χ2n) is 7.92. The van der Waals surface area contributed by atoms with Crippen molar-refractivity contribution < 1.29 is 14.7 Å². The Morgan fingerprint density at radius 2 is 0.957 bits per heavy atom. The van der Waals surface area contributed by atoms with Crippen LogP contribution >= 0.6 is 0 Å². The molecule has 3 nitrogen and oxygen atoms in total. The third kappa shape index (κ3) is 18.1. The summed E-state index contributed by atoms with van der Waals surface area (Å²) in [5.41, 5.74) is 0. The predicted molar refractivity (Wildman–Crippen MR) is 100 cm³/mol. The molecule has 0 saturated heterocycles. The largest absolute Gasteiger partial charge is 0.364 e. The van der Waals surface area contributed by atoms with E-state index in [0.29, 0.717) is 11.0 Å². The zero-order chi connectivity index (χ0) is 17.4. The third-order valence-corrected chi connectivity index (χ3v) is 4.77. The molecule has 0 aromatic rings. The van der Waals surface area contributed by atoms with Gasteiger partial charge in [-0.3, -0.25) is 0 Å². The van der Waals surface area contributed by atoms with Crippen LogP contribution < -0.4 is 0 Å². The zero-order valence-corrected chi connectivity index (χ0v) is 16.2. The van der Waals surface area contributed by atoms with Crippen LogP contribution in [0.1, 0.15) is 96.8 Å². The minimum Gasteiger partial charge on any atom is -0.364 e. The Balaban J connectivity index is 3.19. The molecule has 140 valence electrons. The summed E-state index contributed by atoms with van der Waals surface area (Å²) < 4.78 is 0.704. The summed E-state index contributed by atoms with van der Waals surface area (Å²) in [6, 6.07) is 0. The van der Waals surface area contributed by atoms with E-state index in [1.165, 1.54) is 89.9 Å². The number of unbranched alkanes of at least 4 members (excludes halogenated alkanes) is 13. The lowest BCUT2D eigenvalue weighted by molar-refractivity contribution is -0.896. The summed E-state index contributed by atoms with van der Waals surface area (Å²) in [6.07, 6.45) is 18.2. The normalized spacial score (nSPS) is 12.3. The van der Waals surface area contributed by atoms with Gasteiger partial charge in [-0.05, 0) is 12.8 Å². The van der Waals surface area contributed by atoms with Gasteiger partial charge in [0.25, 0.3) is 0 Å². The van der Waals surface area contributed by atoms with Gasteiger partial charge in [0.1, 0.15) is 6.54 Å². The predicted octanol–water partition coefficient (Wildman–Crippen LogP) is 4.85. The van der Waals surface area contributed by atoms with Gasteiger partial charge in [-0.1, -0.05) is 84.0 Å². The minimum absolute atomic E-state index is 0.429. The average Bonchev–Trinajstić information content (AvgIpc) is 2.46. The van der Waals surface area contributed by atoms with E-state index in [0.717, 1.165) is 6.54 Å². The fourth-order valence-corrected chi connectivity index (χ4v) is 3.27. The Morgan fingerprint density at radius 1 is 0.609 bits per heavy atom. The summed E-state index contributed by atoms with van der Waals surface area (Å²) in [6.45, 7) is 3.74. The van der Waals surface area contributed by atoms with Gasteiger partial charge in [0.05, 0.1) is 20.6 Å². The maximum Gasteiger partial charge on any atom is 0.202 e.